The van der Waals surface area contributed by atoms with E-state index < -0.39 is 12.0 Å². The molecule has 22 heavy (non-hydrogen) atoms. The van der Waals surface area contributed by atoms with Crippen LogP contribution in [0.5, 0.6) is 0 Å². The van der Waals surface area contributed by atoms with Crippen LogP contribution in [0.4, 0.5) is 0 Å². The lowest BCUT2D eigenvalue weighted by atomic mass is 10.0. The molecule has 2 aromatic rings. The Morgan fingerprint density at radius 3 is 2.09 bits per heavy atom. The number of hydrogen-bond acceptors (Lipinski definition) is 3. The highest BCUT2D eigenvalue weighted by molar-refractivity contribution is 5.98. The molecule has 0 aliphatic carbocycles. The Kier molecular flexibility index (Phi) is 5.44. The third-order valence-electron chi connectivity index (χ3n) is 3.53. The van der Waals surface area contributed by atoms with Crippen LogP contribution in [-0.2, 0) is 4.79 Å². The molecule has 2 rings (SSSR count). The second kappa shape index (κ2) is 7.52. The Labute approximate surface area is 129 Å². The van der Waals surface area contributed by atoms with Crippen molar-refractivity contribution in [3.8, 4) is 0 Å². The quantitative estimate of drug-likeness (QED) is 0.771. The van der Waals surface area contributed by atoms with Crippen molar-refractivity contribution in [1.82, 2.24) is 5.32 Å². The Bertz CT molecular complexity index is 625. The molecule has 2 atom stereocenters. The van der Waals surface area contributed by atoms with Crippen molar-refractivity contribution in [2.75, 3.05) is 0 Å². The van der Waals surface area contributed by atoms with Crippen LogP contribution in [0, 0.1) is 0 Å². The van der Waals surface area contributed by atoms with Gasteiger partial charge in [-0.25, -0.2) is 0 Å². The second-order valence-corrected chi connectivity index (χ2v) is 5.18. The number of rotatable bonds is 7. The molecule has 0 radical (unpaired) electrons. The van der Waals surface area contributed by atoms with E-state index in [4.69, 9.17) is 0 Å². The lowest BCUT2D eigenvalue weighted by Gasteiger charge is -2.20. The summed E-state index contributed by atoms with van der Waals surface area (Å²) in [6, 6.07) is 17.2. The molecule has 4 nitrogen and oxygen atoms in total. The average Bonchev–Trinajstić information content (AvgIpc) is 2.55. The summed E-state index contributed by atoms with van der Waals surface area (Å²) >= 11 is 0. The molecule has 4 heteroatoms. The maximum absolute atomic E-state index is 12.2. The molecular weight excluding hydrogens is 278 g/mol. The van der Waals surface area contributed by atoms with E-state index in [2.05, 4.69) is 5.32 Å². The highest BCUT2D eigenvalue weighted by Gasteiger charge is 2.23. The molecular formula is C18H19NO3. The van der Waals surface area contributed by atoms with E-state index in [9.17, 15) is 14.7 Å². The minimum Gasteiger partial charge on any atom is -0.480 e. The molecule has 0 spiro atoms. The number of nitrogens with one attached hydrogen (secondary N) is 1. The van der Waals surface area contributed by atoms with Gasteiger partial charge in [0.2, 0.25) is 0 Å². The van der Waals surface area contributed by atoms with Crippen molar-refractivity contribution in [1.29, 1.82) is 0 Å². The van der Waals surface area contributed by atoms with Crippen LogP contribution in [0.2, 0.25) is 0 Å². The van der Waals surface area contributed by atoms with Crippen molar-refractivity contribution in [2.24, 2.45) is 0 Å². The van der Waals surface area contributed by atoms with Gasteiger partial charge in [-0.1, -0.05) is 60.7 Å². The zero-order valence-electron chi connectivity index (χ0n) is 12.4. The standard InChI is InChI=1S/C18H19NO3/c1-13(14-8-4-2-5-9-14)19-16(18(21)22)12-17(20)15-10-6-3-7-11-15/h2-11,13,16,19H,12H2,1H3,(H,21,22)/t13-,16+/m1/s1. The van der Waals surface area contributed by atoms with Gasteiger partial charge in [0.1, 0.15) is 6.04 Å². The topological polar surface area (TPSA) is 66.4 Å². The summed E-state index contributed by atoms with van der Waals surface area (Å²) in [7, 11) is 0. The molecule has 0 aromatic heterocycles. The van der Waals surface area contributed by atoms with E-state index in [0.29, 0.717) is 5.56 Å². The third-order valence-corrected chi connectivity index (χ3v) is 3.53. The van der Waals surface area contributed by atoms with Gasteiger partial charge in [-0.3, -0.25) is 14.9 Å². The van der Waals surface area contributed by atoms with E-state index in [1.54, 1.807) is 24.3 Å². The van der Waals surface area contributed by atoms with Crippen LogP contribution < -0.4 is 5.32 Å². The summed E-state index contributed by atoms with van der Waals surface area (Å²) < 4.78 is 0. The normalized spacial score (nSPS) is 13.3. The van der Waals surface area contributed by atoms with E-state index in [-0.39, 0.29) is 18.2 Å². The van der Waals surface area contributed by atoms with Crippen LogP contribution >= 0.6 is 0 Å². The van der Waals surface area contributed by atoms with Crippen LogP contribution in [0.25, 0.3) is 0 Å². The zero-order chi connectivity index (χ0) is 15.9. The summed E-state index contributed by atoms with van der Waals surface area (Å²) in [4.78, 5) is 23.6. The largest absolute Gasteiger partial charge is 0.480 e. The molecule has 0 heterocycles. The number of benzene rings is 2. The van der Waals surface area contributed by atoms with Crippen molar-refractivity contribution >= 4 is 11.8 Å². The second-order valence-electron chi connectivity index (χ2n) is 5.18. The third kappa shape index (κ3) is 4.27. The summed E-state index contributed by atoms with van der Waals surface area (Å²) in [5.41, 5.74) is 1.52. The monoisotopic (exact) mass is 297 g/mol. The summed E-state index contributed by atoms with van der Waals surface area (Å²) in [6.07, 6.45) is -0.0729. The molecule has 0 amide bonds. The first-order valence-corrected chi connectivity index (χ1v) is 7.20. The van der Waals surface area contributed by atoms with Crippen LogP contribution in [-0.4, -0.2) is 22.9 Å². The van der Waals surface area contributed by atoms with Gasteiger partial charge in [-0.2, -0.15) is 0 Å². The van der Waals surface area contributed by atoms with Crippen molar-refractivity contribution < 1.29 is 14.7 Å². The van der Waals surface area contributed by atoms with Crippen LogP contribution in [0.1, 0.15) is 35.3 Å². The maximum Gasteiger partial charge on any atom is 0.321 e. The molecule has 0 bridgehead atoms. The molecule has 0 saturated heterocycles. The van der Waals surface area contributed by atoms with Gasteiger partial charge < -0.3 is 5.11 Å². The van der Waals surface area contributed by atoms with Crippen LogP contribution in [0.3, 0.4) is 0 Å². The Morgan fingerprint density at radius 1 is 1.00 bits per heavy atom. The zero-order valence-corrected chi connectivity index (χ0v) is 12.4. The molecule has 0 saturated carbocycles. The summed E-state index contributed by atoms with van der Waals surface area (Å²) in [6.45, 7) is 1.89. The van der Waals surface area contributed by atoms with Gasteiger partial charge in [0.25, 0.3) is 0 Å². The highest BCUT2D eigenvalue weighted by atomic mass is 16.4. The Balaban J connectivity index is 2.04. The lowest BCUT2D eigenvalue weighted by Crippen LogP contribution is -2.40. The van der Waals surface area contributed by atoms with Gasteiger partial charge in [-0.05, 0) is 12.5 Å². The SMILES string of the molecule is C[C@@H](N[C@@H](CC(=O)c1ccccc1)C(=O)O)c1ccccc1. The first-order chi connectivity index (χ1) is 10.6. The highest BCUT2D eigenvalue weighted by Crippen LogP contribution is 2.14. The van der Waals surface area contributed by atoms with E-state index >= 15 is 0 Å². The van der Waals surface area contributed by atoms with Crippen molar-refractivity contribution in [3.05, 3.63) is 71.8 Å². The minimum atomic E-state index is -1.02. The molecule has 0 aliphatic heterocycles. The maximum atomic E-state index is 12.2. The molecule has 2 aromatic carbocycles. The van der Waals surface area contributed by atoms with E-state index in [1.807, 2.05) is 43.3 Å². The lowest BCUT2D eigenvalue weighted by molar-refractivity contribution is -0.139. The number of hydrogen-bond donors (Lipinski definition) is 2. The number of carbonyl (C=O) groups excluding carboxylic acids is 1. The van der Waals surface area contributed by atoms with Crippen molar-refractivity contribution in [2.45, 2.75) is 25.4 Å². The fourth-order valence-electron chi connectivity index (χ4n) is 2.28. The molecule has 0 unspecified atom stereocenters. The summed E-state index contributed by atoms with van der Waals surface area (Å²) in [5, 5.41) is 12.4. The number of carboxylic acids is 1. The van der Waals surface area contributed by atoms with Crippen LogP contribution in [0.15, 0.2) is 60.7 Å². The minimum absolute atomic E-state index is 0.0729. The number of aliphatic carboxylic acids is 1. The molecule has 0 aliphatic rings. The first kappa shape index (κ1) is 15.9. The number of ketones is 1. The predicted octanol–water partition coefficient (Wildman–Crippen LogP) is 3.06. The number of carbonyl (C=O) groups is 2. The van der Waals surface area contributed by atoms with Gasteiger partial charge in [0.15, 0.2) is 5.78 Å². The molecule has 0 fully saturated rings. The average molecular weight is 297 g/mol. The smallest absolute Gasteiger partial charge is 0.321 e. The fourth-order valence-corrected chi connectivity index (χ4v) is 2.28. The molecule has 2 N–H and O–H groups in total. The predicted molar refractivity (Wildman–Crippen MR) is 84.8 cm³/mol. The molecule has 114 valence electrons. The van der Waals surface area contributed by atoms with Gasteiger partial charge >= 0.3 is 5.97 Å². The fraction of sp³-hybridized carbons (Fsp3) is 0.222. The Hall–Kier alpha value is -2.46. The Morgan fingerprint density at radius 2 is 1.55 bits per heavy atom. The number of carboxylic acid groups (broad SMARTS) is 1. The van der Waals surface area contributed by atoms with Gasteiger partial charge in [-0.15, -0.1) is 0 Å². The van der Waals surface area contributed by atoms with Crippen molar-refractivity contribution in [3.63, 3.8) is 0 Å². The summed E-state index contributed by atoms with van der Waals surface area (Å²) in [5.74, 6) is -1.20. The first-order valence-electron chi connectivity index (χ1n) is 7.20. The van der Waals surface area contributed by atoms with Gasteiger partial charge in [0.05, 0.1) is 0 Å². The van der Waals surface area contributed by atoms with E-state index in [1.165, 1.54) is 0 Å². The van der Waals surface area contributed by atoms with Gasteiger partial charge in [0, 0.05) is 18.0 Å². The van der Waals surface area contributed by atoms with E-state index in [0.717, 1.165) is 5.56 Å². The number of Topliss-reactive ketones (excluding diaryl/α,β-unsaturated/α-hetero) is 1.